The number of nitrogens with zero attached hydrogens (tertiary/aromatic N) is 1. The third-order valence-electron chi connectivity index (χ3n) is 3.76. The van der Waals surface area contributed by atoms with Gasteiger partial charge in [0.1, 0.15) is 0 Å². The number of aryl methyl sites for hydroxylation is 1. The zero-order valence-corrected chi connectivity index (χ0v) is 12.0. The van der Waals surface area contributed by atoms with Crippen molar-refractivity contribution in [2.75, 3.05) is 0 Å². The average Bonchev–Trinajstić information content (AvgIpc) is 2.48. The van der Waals surface area contributed by atoms with Crippen LogP contribution >= 0.6 is 0 Å². The molecule has 100 valence electrons. The highest BCUT2D eigenvalue weighted by Crippen LogP contribution is 2.27. The Morgan fingerprint density at radius 1 is 1.15 bits per heavy atom. The van der Waals surface area contributed by atoms with Crippen molar-refractivity contribution < 1.29 is 0 Å². The van der Waals surface area contributed by atoms with Crippen LogP contribution in [0.1, 0.15) is 24.6 Å². The van der Waals surface area contributed by atoms with Crippen LogP contribution < -0.4 is 0 Å². The van der Waals surface area contributed by atoms with E-state index in [1.807, 2.05) is 12.3 Å². The second-order valence-electron chi connectivity index (χ2n) is 5.49. The molecule has 0 radical (unpaired) electrons. The summed E-state index contributed by atoms with van der Waals surface area (Å²) in [6.07, 6.45) is 9.86. The summed E-state index contributed by atoms with van der Waals surface area (Å²) in [5.74, 6) is 0.603. The molecule has 0 fully saturated rings. The van der Waals surface area contributed by atoms with Crippen molar-refractivity contribution in [3.05, 3.63) is 72.1 Å². The summed E-state index contributed by atoms with van der Waals surface area (Å²) >= 11 is 0. The zero-order valence-electron chi connectivity index (χ0n) is 12.0. The van der Waals surface area contributed by atoms with Crippen molar-refractivity contribution in [1.29, 1.82) is 0 Å². The fourth-order valence-corrected chi connectivity index (χ4v) is 2.64. The van der Waals surface area contributed by atoms with E-state index in [2.05, 4.69) is 67.4 Å². The van der Waals surface area contributed by atoms with E-state index in [1.165, 1.54) is 22.3 Å². The quantitative estimate of drug-likeness (QED) is 0.738. The fraction of sp³-hybridized carbons (Fsp3) is 0.211. The van der Waals surface area contributed by atoms with E-state index >= 15 is 0 Å². The van der Waals surface area contributed by atoms with Crippen LogP contribution in [0.2, 0.25) is 0 Å². The van der Waals surface area contributed by atoms with Gasteiger partial charge in [0.15, 0.2) is 0 Å². The van der Waals surface area contributed by atoms with Crippen LogP contribution in [0.4, 0.5) is 0 Å². The molecule has 1 nitrogen and oxygen atoms in total. The summed E-state index contributed by atoms with van der Waals surface area (Å²) in [7, 11) is 0. The van der Waals surface area contributed by atoms with Crippen molar-refractivity contribution in [3.8, 4) is 11.1 Å². The maximum atomic E-state index is 4.65. The zero-order chi connectivity index (χ0) is 13.9. The standard InChI is InChI=1S/C19H19N/c1-14-7-6-10-17(11-14)19-12-15(2)18(13-20-19)16-8-4-3-5-9-16/h3-6,8-14H,7H2,1-2H3. The molecule has 1 aliphatic rings. The summed E-state index contributed by atoms with van der Waals surface area (Å²) in [4.78, 5) is 4.65. The number of benzene rings is 1. The second kappa shape index (κ2) is 5.46. The van der Waals surface area contributed by atoms with E-state index in [0.717, 1.165) is 12.1 Å². The Kier molecular flexibility index (Phi) is 3.51. The lowest BCUT2D eigenvalue weighted by Gasteiger charge is -2.13. The van der Waals surface area contributed by atoms with E-state index < -0.39 is 0 Å². The summed E-state index contributed by atoms with van der Waals surface area (Å²) in [5.41, 5.74) is 6.03. The van der Waals surface area contributed by atoms with Crippen LogP contribution in [0.3, 0.4) is 0 Å². The van der Waals surface area contributed by atoms with Crippen molar-refractivity contribution in [3.63, 3.8) is 0 Å². The molecule has 0 saturated carbocycles. The molecule has 0 saturated heterocycles. The van der Waals surface area contributed by atoms with Crippen LogP contribution in [0.5, 0.6) is 0 Å². The van der Waals surface area contributed by atoms with Gasteiger partial charge in [0.25, 0.3) is 0 Å². The normalized spacial score (nSPS) is 17.9. The van der Waals surface area contributed by atoms with Gasteiger partial charge in [-0.25, -0.2) is 0 Å². The maximum Gasteiger partial charge on any atom is 0.0701 e. The highest BCUT2D eigenvalue weighted by Gasteiger charge is 2.09. The first-order chi connectivity index (χ1) is 9.74. The van der Waals surface area contributed by atoms with Gasteiger partial charge in [-0.05, 0) is 42.0 Å². The lowest BCUT2D eigenvalue weighted by molar-refractivity contribution is 0.739. The average molecular weight is 261 g/mol. The molecular weight excluding hydrogens is 242 g/mol. The Labute approximate surface area is 120 Å². The minimum atomic E-state index is 0.603. The Morgan fingerprint density at radius 3 is 2.65 bits per heavy atom. The van der Waals surface area contributed by atoms with E-state index in [1.54, 1.807) is 0 Å². The van der Waals surface area contributed by atoms with E-state index in [-0.39, 0.29) is 0 Å². The molecule has 20 heavy (non-hydrogen) atoms. The molecule has 0 N–H and O–H groups in total. The van der Waals surface area contributed by atoms with Crippen LogP contribution in [-0.2, 0) is 0 Å². The first-order valence-electron chi connectivity index (χ1n) is 7.15. The van der Waals surface area contributed by atoms with E-state index in [9.17, 15) is 0 Å². The van der Waals surface area contributed by atoms with Gasteiger partial charge >= 0.3 is 0 Å². The number of allylic oxidation sites excluding steroid dienone is 4. The summed E-state index contributed by atoms with van der Waals surface area (Å²) < 4.78 is 0. The number of rotatable bonds is 2. The number of pyridine rings is 1. The molecule has 1 unspecified atom stereocenters. The van der Waals surface area contributed by atoms with Crippen LogP contribution in [0.15, 0.2) is 60.8 Å². The van der Waals surface area contributed by atoms with Gasteiger partial charge in [0.2, 0.25) is 0 Å². The van der Waals surface area contributed by atoms with Gasteiger partial charge < -0.3 is 0 Å². The predicted molar refractivity (Wildman–Crippen MR) is 85.3 cm³/mol. The molecule has 1 aliphatic carbocycles. The van der Waals surface area contributed by atoms with E-state index in [0.29, 0.717) is 5.92 Å². The second-order valence-corrected chi connectivity index (χ2v) is 5.49. The first kappa shape index (κ1) is 12.9. The highest BCUT2D eigenvalue weighted by atomic mass is 14.7. The summed E-state index contributed by atoms with van der Waals surface area (Å²) in [6, 6.07) is 12.6. The molecule has 0 spiro atoms. The Morgan fingerprint density at radius 2 is 1.95 bits per heavy atom. The number of hydrogen-bond donors (Lipinski definition) is 0. The Balaban J connectivity index is 1.98. The van der Waals surface area contributed by atoms with Crippen molar-refractivity contribution in [2.24, 2.45) is 5.92 Å². The van der Waals surface area contributed by atoms with E-state index in [4.69, 9.17) is 0 Å². The highest BCUT2D eigenvalue weighted by molar-refractivity contribution is 5.75. The summed E-state index contributed by atoms with van der Waals surface area (Å²) in [5, 5.41) is 0. The van der Waals surface area contributed by atoms with Gasteiger partial charge in [-0.2, -0.15) is 0 Å². The Hall–Kier alpha value is -2.15. The largest absolute Gasteiger partial charge is 0.256 e. The molecular formula is C19H19N. The molecule has 1 atom stereocenters. The van der Waals surface area contributed by atoms with Gasteiger partial charge in [-0.15, -0.1) is 0 Å². The lowest BCUT2D eigenvalue weighted by atomic mass is 9.94. The van der Waals surface area contributed by atoms with Crippen molar-refractivity contribution in [1.82, 2.24) is 4.98 Å². The summed E-state index contributed by atoms with van der Waals surface area (Å²) in [6.45, 7) is 4.40. The third kappa shape index (κ3) is 2.57. The van der Waals surface area contributed by atoms with Crippen LogP contribution in [-0.4, -0.2) is 4.98 Å². The molecule has 1 aromatic carbocycles. The number of hydrogen-bond acceptors (Lipinski definition) is 1. The smallest absolute Gasteiger partial charge is 0.0701 e. The third-order valence-corrected chi connectivity index (χ3v) is 3.76. The SMILES string of the molecule is Cc1cc(C2=CC(C)CC=C2)ncc1-c1ccccc1. The van der Waals surface area contributed by atoms with Gasteiger partial charge in [0.05, 0.1) is 5.69 Å². The van der Waals surface area contributed by atoms with Crippen LogP contribution in [0, 0.1) is 12.8 Å². The van der Waals surface area contributed by atoms with Gasteiger partial charge in [-0.3, -0.25) is 4.98 Å². The Bertz CT molecular complexity index is 665. The monoisotopic (exact) mass is 261 g/mol. The molecule has 1 aromatic heterocycles. The number of aromatic nitrogens is 1. The van der Waals surface area contributed by atoms with Gasteiger partial charge in [-0.1, -0.05) is 55.5 Å². The minimum absolute atomic E-state index is 0.603. The maximum absolute atomic E-state index is 4.65. The lowest BCUT2D eigenvalue weighted by Crippen LogP contribution is -1.98. The predicted octanol–water partition coefficient (Wildman–Crippen LogP) is 5.04. The van der Waals surface area contributed by atoms with Crippen LogP contribution in [0.25, 0.3) is 16.7 Å². The molecule has 0 bridgehead atoms. The molecule has 3 rings (SSSR count). The molecule has 0 aliphatic heterocycles. The molecule has 2 aromatic rings. The van der Waals surface area contributed by atoms with Crippen molar-refractivity contribution in [2.45, 2.75) is 20.3 Å². The fourth-order valence-electron chi connectivity index (χ4n) is 2.64. The minimum Gasteiger partial charge on any atom is -0.256 e. The van der Waals surface area contributed by atoms with Crippen molar-refractivity contribution >= 4 is 5.57 Å². The molecule has 1 heterocycles. The first-order valence-corrected chi connectivity index (χ1v) is 7.15. The molecule has 1 heteroatoms. The van der Waals surface area contributed by atoms with Gasteiger partial charge in [0, 0.05) is 11.8 Å². The topological polar surface area (TPSA) is 12.9 Å². The molecule has 0 amide bonds.